The molecule has 2 heteroatoms. The number of rotatable bonds is 18. The average Bonchev–Trinajstić information content (AvgIpc) is 2.57. The molecule has 1 unspecified atom stereocenters. The Morgan fingerprint density at radius 1 is 0.739 bits per heavy atom. The summed E-state index contributed by atoms with van der Waals surface area (Å²) >= 11 is 0. The molecule has 138 valence electrons. The van der Waals surface area contributed by atoms with Gasteiger partial charge in [-0.25, -0.2) is 0 Å². The molecule has 0 aliphatic rings. The highest BCUT2D eigenvalue weighted by atomic mass is 14.9. The average molecular weight is 325 g/mol. The molecular formula is C21H44N2. The molecule has 0 saturated heterocycles. The maximum Gasteiger partial charge on any atom is 0.0161 e. The van der Waals surface area contributed by atoms with Crippen LogP contribution < -0.4 is 11.1 Å². The van der Waals surface area contributed by atoms with Gasteiger partial charge in [0.25, 0.3) is 0 Å². The maximum absolute atomic E-state index is 5.58. The van der Waals surface area contributed by atoms with Gasteiger partial charge in [-0.15, -0.1) is 0 Å². The van der Waals surface area contributed by atoms with Gasteiger partial charge in [-0.05, 0) is 45.6 Å². The van der Waals surface area contributed by atoms with Crippen molar-refractivity contribution in [2.75, 3.05) is 13.1 Å². The van der Waals surface area contributed by atoms with Crippen molar-refractivity contribution in [3.8, 4) is 0 Å². The first-order valence-electron chi connectivity index (χ1n) is 10.4. The van der Waals surface area contributed by atoms with E-state index >= 15 is 0 Å². The molecule has 0 spiro atoms. The fourth-order valence-electron chi connectivity index (χ4n) is 2.80. The minimum atomic E-state index is 0.470. The second kappa shape index (κ2) is 19.7. The molecule has 0 aromatic heterocycles. The smallest absolute Gasteiger partial charge is 0.0161 e. The molecule has 0 aliphatic heterocycles. The molecule has 3 N–H and O–H groups in total. The van der Waals surface area contributed by atoms with Gasteiger partial charge < -0.3 is 11.1 Å². The zero-order valence-corrected chi connectivity index (χ0v) is 16.1. The van der Waals surface area contributed by atoms with Gasteiger partial charge in [0.15, 0.2) is 0 Å². The predicted octanol–water partition coefficient (Wildman–Crippen LogP) is 5.96. The molecule has 0 aromatic rings. The lowest BCUT2D eigenvalue weighted by molar-refractivity contribution is 0.517. The zero-order valence-electron chi connectivity index (χ0n) is 16.1. The van der Waals surface area contributed by atoms with Gasteiger partial charge in [-0.3, -0.25) is 0 Å². The molecule has 0 radical (unpaired) electrons. The zero-order chi connectivity index (χ0) is 17.0. The summed E-state index contributed by atoms with van der Waals surface area (Å²) in [5.41, 5.74) is 5.58. The first-order valence-corrected chi connectivity index (χ1v) is 10.4. The Morgan fingerprint density at radius 3 is 1.74 bits per heavy atom. The number of allylic oxidation sites excluding steroid dienone is 2. The van der Waals surface area contributed by atoms with E-state index in [1.54, 1.807) is 0 Å². The van der Waals surface area contributed by atoms with E-state index in [9.17, 15) is 0 Å². The van der Waals surface area contributed by atoms with Gasteiger partial charge in [-0.1, -0.05) is 76.9 Å². The second-order valence-corrected chi connectivity index (χ2v) is 7.03. The SMILES string of the molecule is CCCCCCCCC=CCCCCCCCCNC(C)CN. The third kappa shape index (κ3) is 19.6. The van der Waals surface area contributed by atoms with E-state index in [2.05, 4.69) is 31.3 Å². The van der Waals surface area contributed by atoms with Gasteiger partial charge in [-0.2, -0.15) is 0 Å². The molecule has 0 aliphatic carbocycles. The summed E-state index contributed by atoms with van der Waals surface area (Å²) in [6.07, 6.45) is 24.0. The Balaban J connectivity index is 3.08. The number of hydrogen-bond donors (Lipinski definition) is 2. The summed E-state index contributed by atoms with van der Waals surface area (Å²) in [4.78, 5) is 0. The molecule has 2 nitrogen and oxygen atoms in total. The number of nitrogens with one attached hydrogen (secondary N) is 1. The Labute approximate surface area is 146 Å². The number of nitrogens with two attached hydrogens (primary N) is 1. The first kappa shape index (κ1) is 22.7. The van der Waals surface area contributed by atoms with Crippen LogP contribution in [0.15, 0.2) is 12.2 Å². The maximum atomic E-state index is 5.58. The van der Waals surface area contributed by atoms with Crippen molar-refractivity contribution >= 4 is 0 Å². The highest BCUT2D eigenvalue weighted by Gasteiger charge is 1.96. The molecule has 1 atom stereocenters. The first-order chi connectivity index (χ1) is 11.3. The Hall–Kier alpha value is -0.340. The molecule has 0 saturated carbocycles. The quantitative estimate of drug-likeness (QED) is 0.241. The topological polar surface area (TPSA) is 38.0 Å². The van der Waals surface area contributed by atoms with Crippen molar-refractivity contribution in [1.29, 1.82) is 0 Å². The minimum absolute atomic E-state index is 0.470. The standard InChI is InChI=1S/C21H44N2/c1-3-4-5-6-7-8-9-10-11-12-13-14-15-16-17-18-19-23-21(2)20-22/h10-11,21,23H,3-9,12-20,22H2,1-2H3. The lowest BCUT2D eigenvalue weighted by atomic mass is 10.1. The summed E-state index contributed by atoms with van der Waals surface area (Å²) in [6, 6.07) is 0.470. The van der Waals surface area contributed by atoms with Crippen LogP contribution in [0.4, 0.5) is 0 Å². The Kier molecular flexibility index (Phi) is 19.4. The molecule has 0 heterocycles. The van der Waals surface area contributed by atoms with Crippen LogP contribution in [0.1, 0.15) is 104 Å². The van der Waals surface area contributed by atoms with Crippen LogP contribution in [-0.4, -0.2) is 19.1 Å². The van der Waals surface area contributed by atoms with Crippen LogP contribution in [-0.2, 0) is 0 Å². The van der Waals surface area contributed by atoms with Gasteiger partial charge in [0, 0.05) is 12.6 Å². The predicted molar refractivity (Wildman–Crippen MR) is 106 cm³/mol. The number of unbranched alkanes of at least 4 members (excludes halogenated alkanes) is 12. The van der Waals surface area contributed by atoms with Crippen molar-refractivity contribution in [3.05, 3.63) is 12.2 Å². The van der Waals surface area contributed by atoms with E-state index in [-0.39, 0.29) is 0 Å². The lowest BCUT2D eigenvalue weighted by Crippen LogP contribution is -2.33. The molecule has 0 bridgehead atoms. The molecule has 0 rings (SSSR count). The molecule has 0 fully saturated rings. The van der Waals surface area contributed by atoms with Crippen molar-refractivity contribution in [2.45, 2.75) is 110 Å². The molecule has 0 amide bonds. The van der Waals surface area contributed by atoms with Crippen LogP contribution in [0.3, 0.4) is 0 Å². The van der Waals surface area contributed by atoms with Crippen molar-refractivity contribution in [2.24, 2.45) is 5.73 Å². The van der Waals surface area contributed by atoms with Gasteiger partial charge in [0.05, 0.1) is 0 Å². The van der Waals surface area contributed by atoms with E-state index in [4.69, 9.17) is 5.73 Å². The van der Waals surface area contributed by atoms with Crippen LogP contribution in [0.25, 0.3) is 0 Å². The summed E-state index contributed by atoms with van der Waals surface area (Å²) in [6.45, 7) is 6.30. The van der Waals surface area contributed by atoms with Gasteiger partial charge >= 0.3 is 0 Å². The summed E-state index contributed by atoms with van der Waals surface area (Å²) in [7, 11) is 0. The summed E-state index contributed by atoms with van der Waals surface area (Å²) in [5, 5.41) is 3.45. The van der Waals surface area contributed by atoms with E-state index in [1.165, 1.54) is 89.9 Å². The van der Waals surface area contributed by atoms with Crippen LogP contribution in [0, 0.1) is 0 Å². The Morgan fingerprint density at radius 2 is 1.22 bits per heavy atom. The highest BCUT2D eigenvalue weighted by molar-refractivity contribution is 4.81. The largest absolute Gasteiger partial charge is 0.329 e. The summed E-state index contributed by atoms with van der Waals surface area (Å²) in [5.74, 6) is 0. The van der Waals surface area contributed by atoms with Crippen LogP contribution in [0.5, 0.6) is 0 Å². The van der Waals surface area contributed by atoms with E-state index in [0.717, 1.165) is 13.1 Å². The van der Waals surface area contributed by atoms with Crippen LogP contribution >= 0.6 is 0 Å². The van der Waals surface area contributed by atoms with Crippen molar-refractivity contribution < 1.29 is 0 Å². The summed E-state index contributed by atoms with van der Waals surface area (Å²) < 4.78 is 0. The third-order valence-electron chi connectivity index (χ3n) is 4.53. The van der Waals surface area contributed by atoms with Gasteiger partial charge in [0.1, 0.15) is 0 Å². The normalized spacial score (nSPS) is 13.0. The molecule has 23 heavy (non-hydrogen) atoms. The fraction of sp³-hybridized carbons (Fsp3) is 0.905. The van der Waals surface area contributed by atoms with E-state index in [1.807, 2.05) is 0 Å². The second-order valence-electron chi connectivity index (χ2n) is 7.03. The monoisotopic (exact) mass is 324 g/mol. The van der Waals surface area contributed by atoms with Gasteiger partial charge in [0.2, 0.25) is 0 Å². The number of hydrogen-bond acceptors (Lipinski definition) is 2. The van der Waals surface area contributed by atoms with Crippen molar-refractivity contribution in [1.82, 2.24) is 5.32 Å². The Bertz CT molecular complexity index is 238. The van der Waals surface area contributed by atoms with Crippen LogP contribution in [0.2, 0.25) is 0 Å². The minimum Gasteiger partial charge on any atom is -0.329 e. The fourth-order valence-corrected chi connectivity index (χ4v) is 2.80. The highest BCUT2D eigenvalue weighted by Crippen LogP contribution is 2.09. The molecule has 0 aromatic carbocycles. The molecular weight excluding hydrogens is 280 g/mol. The lowest BCUT2D eigenvalue weighted by Gasteiger charge is -2.10. The van der Waals surface area contributed by atoms with E-state index in [0.29, 0.717) is 6.04 Å². The third-order valence-corrected chi connectivity index (χ3v) is 4.53. The van der Waals surface area contributed by atoms with Crippen molar-refractivity contribution in [3.63, 3.8) is 0 Å². The van der Waals surface area contributed by atoms with E-state index < -0.39 is 0 Å².